The van der Waals surface area contributed by atoms with Crippen molar-refractivity contribution in [2.75, 3.05) is 31.7 Å². The highest BCUT2D eigenvalue weighted by Crippen LogP contribution is 2.24. The Bertz CT molecular complexity index is 851. The molecule has 0 atom stereocenters. The number of allylic oxidation sites excluding steroid dienone is 1. The molecule has 1 aromatic carbocycles. The number of hydrogen-bond donors (Lipinski definition) is 0. The van der Waals surface area contributed by atoms with Gasteiger partial charge in [-0.2, -0.15) is 16.9 Å². The second-order valence-corrected chi connectivity index (χ2v) is 8.05. The van der Waals surface area contributed by atoms with E-state index in [4.69, 9.17) is 4.74 Å². The zero-order chi connectivity index (χ0) is 19.4. The summed E-state index contributed by atoms with van der Waals surface area (Å²) >= 11 is 2.01. The number of carbonyl (C=O) groups excluding carboxylic acids is 1. The van der Waals surface area contributed by atoms with Gasteiger partial charge in [-0.05, 0) is 37.6 Å². The molecule has 1 aromatic heterocycles. The van der Waals surface area contributed by atoms with Gasteiger partial charge in [0, 0.05) is 49.4 Å². The van der Waals surface area contributed by atoms with E-state index in [9.17, 15) is 4.79 Å². The Morgan fingerprint density at radius 3 is 2.67 bits per heavy atom. The number of ketones is 1. The largest absolute Gasteiger partial charge is 0.496 e. The molecule has 2 aromatic rings. The average molecular weight is 386 g/mol. The minimum atomic E-state index is -0.0106. The van der Waals surface area contributed by atoms with Crippen LogP contribution >= 0.6 is 11.8 Å². The van der Waals surface area contributed by atoms with Crippen LogP contribution in [0.15, 0.2) is 24.3 Å². The van der Waals surface area contributed by atoms with Gasteiger partial charge in [-0.15, -0.1) is 0 Å². The zero-order valence-electron chi connectivity index (χ0n) is 16.5. The third-order valence-electron chi connectivity index (χ3n) is 4.98. The Morgan fingerprint density at radius 1 is 1.30 bits per heavy atom. The molecule has 5 nitrogen and oxygen atoms in total. The van der Waals surface area contributed by atoms with E-state index in [2.05, 4.69) is 16.1 Å². The van der Waals surface area contributed by atoms with Crippen molar-refractivity contribution in [3.63, 3.8) is 0 Å². The van der Waals surface area contributed by atoms with Crippen LogP contribution < -0.4 is 4.74 Å². The first-order valence-electron chi connectivity index (χ1n) is 9.19. The number of carbonyl (C=O) groups is 1. The average Bonchev–Trinajstić information content (AvgIpc) is 2.92. The third kappa shape index (κ3) is 4.62. The molecule has 3 rings (SSSR count). The SMILES string of the molecule is COc1ccc(/C=C/C(=O)c2c(C)nn(C)c2C)cc1CN1CCSCC1. The van der Waals surface area contributed by atoms with Crippen molar-refractivity contribution in [1.29, 1.82) is 0 Å². The van der Waals surface area contributed by atoms with Gasteiger partial charge in [0.15, 0.2) is 5.78 Å². The Balaban J connectivity index is 1.78. The van der Waals surface area contributed by atoms with Gasteiger partial charge in [-0.1, -0.05) is 12.1 Å². The van der Waals surface area contributed by atoms with Crippen LogP contribution in [0, 0.1) is 13.8 Å². The summed E-state index contributed by atoms with van der Waals surface area (Å²) in [5.74, 6) is 3.25. The fourth-order valence-electron chi connectivity index (χ4n) is 3.41. The highest BCUT2D eigenvalue weighted by atomic mass is 32.2. The molecule has 0 radical (unpaired) electrons. The molecule has 0 saturated carbocycles. The van der Waals surface area contributed by atoms with Gasteiger partial charge >= 0.3 is 0 Å². The van der Waals surface area contributed by atoms with Crippen molar-refractivity contribution >= 4 is 23.6 Å². The molecule has 0 spiro atoms. The molecule has 144 valence electrons. The summed E-state index contributed by atoms with van der Waals surface area (Å²) in [4.78, 5) is 15.1. The number of rotatable bonds is 6. The van der Waals surface area contributed by atoms with Crippen LogP contribution in [0.3, 0.4) is 0 Å². The number of nitrogens with zero attached hydrogens (tertiary/aromatic N) is 3. The molecular weight excluding hydrogens is 358 g/mol. The van der Waals surface area contributed by atoms with E-state index in [0.717, 1.165) is 47.9 Å². The number of hydrogen-bond acceptors (Lipinski definition) is 5. The molecule has 1 saturated heterocycles. The lowest BCUT2D eigenvalue weighted by atomic mass is 10.1. The van der Waals surface area contributed by atoms with Gasteiger partial charge in [-0.25, -0.2) is 0 Å². The van der Waals surface area contributed by atoms with E-state index < -0.39 is 0 Å². The van der Waals surface area contributed by atoms with E-state index >= 15 is 0 Å². The Labute approximate surface area is 165 Å². The number of methoxy groups -OCH3 is 1. The number of aryl methyl sites for hydroxylation is 2. The van der Waals surface area contributed by atoms with E-state index in [1.54, 1.807) is 17.9 Å². The molecule has 0 aliphatic carbocycles. The first-order valence-corrected chi connectivity index (χ1v) is 10.3. The summed E-state index contributed by atoms with van der Waals surface area (Å²) in [5.41, 5.74) is 4.51. The van der Waals surface area contributed by atoms with Gasteiger partial charge in [-0.3, -0.25) is 14.4 Å². The summed E-state index contributed by atoms with van der Waals surface area (Å²) in [5, 5.41) is 4.33. The predicted molar refractivity (Wildman–Crippen MR) is 112 cm³/mol. The lowest BCUT2D eigenvalue weighted by Crippen LogP contribution is -2.32. The highest BCUT2D eigenvalue weighted by molar-refractivity contribution is 7.99. The summed E-state index contributed by atoms with van der Waals surface area (Å²) in [7, 11) is 3.57. The van der Waals surface area contributed by atoms with Crippen LogP contribution in [0.1, 0.15) is 32.9 Å². The number of aromatic nitrogens is 2. The Hall–Kier alpha value is -2.05. The van der Waals surface area contributed by atoms with Crippen molar-refractivity contribution in [2.24, 2.45) is 7.05 Å². The molecule has 2 heterocycles. The van der Waals surface area contributed by atoms with Crippen LogP contribution in [0.4, 0.5) is 0 Å². The van der Waals surface area contributed by atoms with E-state index in [0.29, 0.717) is 5.56 Å². The van der Waals surface area contributed by atoms with Crippen LogP contribution in [0.5, 0.6) is 5.75 Å². The summed E-state index contributed by atoms with van der Waals surface area (Å²) in [6.45, 7) is 6.87. The first kappa shape index (κ1) is 19.7. The van der Waals surface area contributed by atoms with Crippen molar-refractivity contribution in [3.05, 3.63) is 52.4 Å². The maximum absolute atomic E-state index is 12.6. The monoisotopic (exact) mass is 385 g/mol. The van der Waals surface area contributed by atoms with Crippen molar-refractivity contribution < 1.29 is 9.53 Å². The molecule has 0 unspecified atom stereocenters. The standard InChI is InChI=1S/C21H27N3O2S/c1-15-21(16(2)23(3)22-15)19(25)7-5-17-6-8-20(26-4)18(13-17)14-24-9-11-27-12-10-24/h5-8,13H,9-12,14H2,1-4H3/b7-5+. The van der Waals surface area contributed by atoms with Crippen LogP contribution in [0.25, 0.3) is 6.08 Å². The van der Waals surface area contributed by atoms with Crippen molar-refractivity contribution in [2.45, 2.75) is 20.4 Å². The normalized spacial score (nSPS) is 15.4. The maximum atomic E-state index is 12.6. The van der Waals surface area contributed by atoms with Gasteiger partial charge in [0.05, 0.1) is 18.4 Å². The Kier molecular flexibility index (Phi) is 6.39. The first-order chi connectivity index (χ1) is 13.0. The van der Waals surface area contributed by atoms with E-state index in [1.165, 1.54) is 11.5 Å². The van der Waals surface area contributed by atoms with E-state index in [-0.39, 0.29) is 5.78 Å². The van der Waals surface area contributed by atoms with Gasteiger partial charge in [0.2, 0.25) is 0 Å². The zero-order valence-corrected chi connectivity index (χ0v) is 17.3. The molecule has 1 aliphatic heterocycles. The molecule has 6 heteroatoms. The lowest BCUT2D eigenvalue weighted by Gasteiger charge is -2.26. The second-order valence-electron chi connectivity index (χ2n) is 6.83. The van der Waals surface area contributed by atoms with Crippen LogP contribution in [-0.4, -0.2) is 52.2 Å². The van der Waals surface area contributed by atoms with Crippen LogP contribution in [-0.2, 0) is 13.6 Å². The minimum Gasteiger partial charge on any atom is -0.496 e. The molecule has 0 N–H and O–H groups in total. The molecule has 1 fully saturated rings. The van der Waals surface area contributed by atoms with Crippen molar-refractivity contribution in [3.8, 4) is 5.75 Å². The predicted octanol–water partition coefficient (Wildman–Crippen LogP) is 3.49. The van der Waals surface area contributed by atoms with E-state index in [1.807, 2.05) is 50.9 Å². The molecular formula is C21H27N3O2S. The molecule has 0 amide bonds. The number of ether oxygens (including phenoxy) is 1. The van der Waals surface area contributed by atoms with Crippen LogP contribution in [0.2, 0.25) is 0 Å². The Morgan fingerprint density at radius 2 is 2.04 bits per heavy atom. The minimum absolute atomic E-state index is 0.0106. The van der Waals surface area contributed by atoms with Gasteiger partial charge in [0.1, 0.15) is 5.75 Å². The fraction of sp³-hybridized carbons (Fsp3) is 0.429. The lowest BCUT2D eigenvalue weighted by molar-refractivity contribution is 0.104. The topological polar surface area (TPSA) is 47.4 Å². The fourth-order valence-corrected chi connectivity index (χ4v) is 4.39. The summed E-state index contributed by atoms with van der Waals surface area (Å²) in [6.07, 6.45) is 3.52. The van der Waals surface area contributed by atoms with Gasteiger partial charge < -0.3 is 4.74 Å². The highest BCUT2D eigenvalue weighted by Gasteiger charge is 2.16. The number of thioether (sulfide) groups is 1. The molecule has 1 aliphatic rings. The maximum Gasteiger partial charge on any atom is 0.189 e. The smallest absolute Gasteiger partial charge is 0.189 e. The summed E-state index contributed by atoms with van der Waals surface area (Å²) < 4.78 is 7.29. The summed E-state index contributed by atoms with van der Waals surface area (Å²) in [6, 6.07) is 6.09. The van der Waals surface area contributed by atoms with Crippen molar-refractivity contribution in [1.82, 2.24) is 14.7 Å². The second kappa shape index (κ2) is 8.76. The quantitative estimate of drug-likeness (QED) is 0.563. The third-order valence-corrected chi connectivity index (χ3v) is 5.93. The number of benzene rings is 1. The molecule has 27 heavy (non-hydrogen) atoms. The molecule has 0 bridgehead atoms. The van der Waals surface area contributed by atoms with Gasteiger partial charge in [0.25, 0.3) is 0 Å².